The highest BCUT2D eigenvalue weighted by atomic mass is 32.1. The molecule has 112 valence electrons. The Morgan fingerprint density at radius 2 is 1.86 bits per heavy atom. The fourth-order valence-electron chi connectivity index (χ4n) is 2.96. The van der Waals surface area contributed by atoms with Crippen LogP contribution in [0.25, 0.3) is 0 Å². The van der Waals surface area contributed by atoms with Gasteiger partial charge in [-0.2, -0.15) is 0 Å². The Kier molecular flexibility index (Phi) is 5.07. The molecule has 0 bridgehead atoms. The van der Waals surface area contributed by atoms with E-state index in [2.05, 4.69) is 59.6 Å². The highest BCUT2D eigenvalue weighted by Crippen LogP contribution is 2.17. The van der Waals surface area contributed by atoms with Crippen molar-refractivity contribution >= 4 is 11.3 Å². The van der Waals surface area contributed by atoms with Crippen molar-refractivity contribution in [3.8, 4) is 0 Å². The van der Waals surface area contributed by atoms with E-state index in [-0.39, 0.29) is 0 Å². The monoisotopic (exact) mass is 300 g/mol. The van der Waals surface area contributed by atoms with Crippen LogP contribution in [0, 0.1) is 6.92 Å². The zero-order valence-electron chi connectivity index (χ0n) is 12.7. The Hall–Kier alpha value is -1.16. The number of nitrogens with one attached hydrogen (secondary N) is 1. The molecule has 0 unspecified atom stereocenters. The van der Waals surface area contributed by atoms with Crippen LogP contribution in [0.4, 0.5) is 0 Å². The Bertz CT molecular complexity index is 541. The van der Waals surface area contributed by atoms with E-state index in [1.54, 1.807) is 0 Å². The molecule has 2 nitrogen and oxygen atoms in total. The molecular weight excluding hydrogens is 276 g/mol. The van der Waals surface area contributed by atoms with Crippen LogP contribution in [-0.4, -0.2) is 24.0 Å². The Balaban J connectivity index is 1.40. The molecule has 0 amide bonds. The summed E-state index contributed by atoms with van der Waals surface area (Å²) in [5.74, 6) is 0. The van der Waals surface area contributed by atoms with E-state index < -0.39 is 0 Å². The van der Waals surface area contributed by atoms with Gasteiger partial charge in [-0.05, 0) is 50.6 Å². The number of aryl methyl sites for hydroxylation is 1. The number of hydrogen-bond donors (Lipinski definition) is 1. The lowest BCUT2D eigenvalue weighted by Gasteiger charge is -2.32. The minimum atomic E-state index is 0.680. The number of likely N-dealkylation sites (tertiary alicyclic amines) is 1. The number of nitrogens with zero attached hydrogens (tertiary/aromatic N) is 1. The van der Waals surface area contributed by atoms with Crippen molar-refractivity contribution in [3.63, 3.8) is 0 Å². The molecule has 2 aromatic rings. The Labute approximate surface area is 131 Å². The molecule has 3 rings (SSSR count). The van der Waals surface area contributed by atoms with Crippen molar-refractivity contribution in [2.45, 2.75) is 38.9 Å². The van der Waals surface area contributed by atoms with Gasteiger partial charge in [0.25, 0.3) is 0 Å². The summed E-state index contributed by atoms with van der Waals surface area (Å²) in [7, 11) is 0. The molecule has 1 aromatic heterocycles. The molecule has 1 saturated heterocycles. The molecule has 0 spiro atoms. The second kappa shape index (κ2) is 7.21. The molecule has 0 aliphatic carbocycles. The summed E-state index contributed by atoms with van der Waals surface area (Å²) in [4.78, 5) is 5.44. The lowest BCUT2D eigenvalue weighted by molar-refractivity contribution is 0.190. The minimum absolute atomic E-state index is 0.680. The van der Waals surface area contributed by atoms with Crippen LogP contribution >= 0.6 is 11.3 Å². The van der Waals surface area contributed by atoms with Gasteiger partial charge in [-0.1, -0.05) is 30.3 Å². The quantitative estimate of drug-likeness (QED) is 0.903. The number of thiophene rings is 1. The first-order valence-corrected chi connectivity index (χ1v) is 8.66. The van der Waals surface area contributed by atoms with Gasteiger partial charge in [-0.25, -0.2) is 0 Å². The van der Waals surface area contributed by atoms with Crippen molar-refractivity contribution in [1.29, 1.82) is 0 Å². The second-order valence-electron chi connectivity index (χ2n) is 5.93. The van der Waals surface area contributed by atoms with Crippen LogP contribution in [0.3, 0.4) is 0 Å². The van der Waals surface area contributed by atoms with E-state index in [0.29, 0.717) is 6.04 Å². The predicted molar refractivity (Wildman–Crippen MR) is 90.6 cm³/mol. The molecule has 3 heteroatoms. The summed E-state index contributed by atoms with van der Waals surface area (Å²) in [5.41, 5.74) is 1.43. The fourth-order valence-corrected chi connectivity index (χ4v) is 3.80. The molecular formula is C18H24N2S. The van der Waals surface area contributed by atoms with E-state index in [9.17, 15) is 0 Å². The van der Waals surface area contributed by atoms with Crippen LogP contribution in [-0.2, 0) is 13.1 Å². The molecule has 0 saturated carbocycles. The van der Waals surface area contributed by atoms with Crippen LogP contribution < -0.4 is 5.32 Å². The largest absolute Gasteiger partial charge is 0.309 e. The molecule has 0 radical (unpaired) electrons. The van der Waals surface area contributed by atoms with Gasteiger partial charge in [-0.3, -0.25) is 4.90 Å². The van der Waals surface area contributed by atoms with Crippen LogP contribution in [0.15, 0.2) is 42.5 Å². The molecule has 0 atom stereocenters. The number of piperidine rings is 1. The van der Waals surface area contributed by atoms with Crippen molar-refractivity contribution in [3.05, 3.63) is 57.8 Å². The van der Waals surface area contributed by atoms with Gasteiger partial charge in [0.2, 0.25) is 0 Å². The minimum Gasteiger partial charge on any atom is -0.309 e. The summed E-state index contributed by atoms with van der Waals surface area (Å²) in [6.45, 7) is 6.71. The highest BCUT2D eigenvalue weighted by Gasteiger charge is 2.18. The lowest BCUT2D eigenvalue weighted by Crippen LogP contribution is -2.41. The van der Waals surface area contributed by atoms with E-state index in [0.717, 1.165) is 13.1 Å². The van der Waals surface area contributed by atoms with Crippen LogP contribution in [0.2, 0.25) is 0 Å². The summed E-state index contributed by atoms with van der Waals surface area (Å²) >= 11 is 1.91. The third-order valence-corrected chi connectivity index (χ3v) is 5.20. The molecule has 1 aromatic carbocycles. The average Bonchev–Trinajstić information content (AvgIpc) is 2.93. The van der Waals surface area contributed by atoms with Gasteiger partial charge >= 0.3 is 0 Å². The molecule has 1 aliphatic heterocycles. The number of benzene rings is 1. The summed E-state index contributed by atoms with van der Waals surface area (Å²) in [5, 5.41) is 3.72. The lowest BCUT2D eigenvalue weighted by atomic mass is 10.0. The van der Waals surface area contributed by atoms with E-state index in [1.807, 2.05) is 11.3 Å². The van der Waals surface area contributed by atoms with E-state index in [1.165, 1.54) is 41.2 Å². The Morgan fingerprint density at radius 3 is 2.52 bits per heavy atom. The van der Waals surface area contributed by atoms with Gasteiger partial charge in [0.05, 0.1) is 0 Å². The van der Waals surface area contributed by atoms with Crippen molar-refractivity contribution in [2.75, 3.05) is 13.1 Å². The maximum absolute atomic E-state index is 3.72. The second-order valence-corrected chi connectivity index (χ2v) is 7.30. The number of hydrogen-bond acceptors (Lipinski definition) is 3. The van der Waals surface area contributed by atoms with E-state index in [4.69, 9.17) is 0 Å². The first-order chi connectivity index (χ1) is 10.3. The number of rotatable bonds is 5. The third kappa shape index (κ3) is 4.40. The van der Waals surface area contributed by atoms with Crippen molar-refractivity contribution in [2.24, 2.45) is 0 Å². The van der Waals surface area contributed by atoms with E-state index >= 15 is 0 Å². The molecule has 21 heavy (non-hydrogen) atoms. The summed E-state index contributed by atoms with van der Waals surface area (Å²) < 4.78 is 0. The molecule has 1 N–H and O–H groups in total. The maximum Gasteiger partial charge on any atom is 0.0302 e. The van der Waals surface area contributed by atoms with Gasteiger partial charge in [0.1, 0.15) is 0 Å². The smallest absolute Gasteiger partial charge is 0.0302 e. The fraction of sp³-hybridized carbons (Fsp3) is 0.444. The normalized spacial score (nSPS) is 17.2. The molecule has 1 fully saturated rings. The van der Waals surface area contributed by atoms with Gasteiger partial charge in [0.15, 0.2) is 0 Å². The van der Waals surface area contributed by atoms with Crippen molar-refractivity contribution < 1.29 is 0 Å². The van der Waals surface area contributed by atoms with Gasteiger partial charge in [-0.15, -0.1) is 11.3 Å². The predicted octanol–water partition coefficient (Wildman–Crippen LogP) is 3.81. The SMILES string of the molecule is Cc1ccc(CNC2CCN(Cc3ccccc3)CC2)s1. The maximum atomic E-state index is 3.72. The Morgan fingerprint density at radius 1 is 1.10 bits per heavy atom. The molecule has 2 heterocycles. The highest BCUT2D eigenvalue weighted by molar-refractivity contribution is 7.11. The molecule has 1 aliphatic rings. The summed E-state index contributed by atoms with van der Waals surface area (Å²) in [6.07, 6.45) is 2.52. The first-order valence-electron chi connectivity index (χ1n) is 7.84. The standard InChI is InChI=1S/C18H24N2S/c1-15-7-8-18(21-15)13-19-17-9-11-20(12-10-17)14-16-5-3-2-4-6-16/h2-8,17,19H,9-14H2,1H3. The third-order valence-electron chi connectivity index (χ3n) is 4.20. The zero-order valence-corrected chi connectivity index (χ0v) is 13.5. The average molecular weight is 300 g/mol. The van der Waals surface area contributed by atoms with Crippen LogP contribution in [0.5, 0.6) is 0 Å². The zero-order chi connectivity index (χ0) is 14.5. The van der Waals surface area contributed by atoms with Crippen LogP contribution in [0.1, 0.15) is 28.2 Å². The van der Waals surface area contributed by atoms with Gasteiger partial charge in [0, 0.05) is 28.9 Å². The first kappa shape index (κ1) is 14.8. The summed E-state index contributed by atoms with van der Waals surface area (Å²) in [6, 6.07) is 15.9. The van der Waals surface area contributed by atoms with Gasteiger partial charge < -0.3 is 5.32 Å². The topological polar surface area (TPSA) is 15.3 Å². The van der Waals surface area contributed by atoms with Crippen molar-refractivity contribution in [1.82, 2.24) is 10.2 Å².